The monoisotopic (exact) mass is 326 g/mol. The van der Waals surface area contributed by atoms with Crippen molar-refractivity contribution in [2.24, 2.45) is 5.41 Å². The SMILES string of the molecule is CC(C)(CO)Cn1c(=O)[nH]c2cc(Br)ccc2c1=O. The van der Waals surface area contributed by atoms with E-state index in [1.807, 2.05) is 0 Å². The molecule has 0 saturated heterocycles. The van der Waals surface area contributed by atoms with E-state index in [9.17, 15) is 14.7 Å². The number of hydrogen-bond donors (Lipinski definition) is 2. The molecular formula is C13H15BrN2O3. The number of halogens is 1. The molecule has 2 rings (SSSR count). The molecule has 0 fully saturated rings. The average Bonchev–Trinajstić information content (AvgIpc) is 2.34. The van der Waals surface area contributed by atoms with E-state index in [4.69, 9.17) is 0 Å². The van der Waals surface area contributed by atoms with E-state index in [1.54, 1.807) is 32.0 Å². The van der Waals surface area contributed by atoms with Gasteiger partial charge in [0.15, 0.2) is 0 Å². The van der Waals surface area contributed by atoms with Gasteiger partial charge in [-0.15, -0.1) is 0 Å². The summed E-state index contributed by atoms with van der Waals surface area (Å²) in [6.07, 6.45) is 0. The molecule has 19 heavy (non-hydrogen) atoms. The van der Waals surface area contributed by atoms with Crippen LogP contribution in [0.1, 0.15) is 13.8 Å². The Morgan fingerprint density at radius 1 is 1.37 bits per heavy atom. The topological polar surface area (TPSA) is 75.1 Å². The second-order valence-corrected chi connectivity index (χ2v) is 6.25. The minimum absolute atomic E-state index is 0.0999. The molecule has 2 N–H and O–H groups in total. The molecular weight excluding hydrogens is 312 g/mol. The Bertz CT molecular complexity index is 731. The van der Waals surface area contributed by atoms with Gasteiger partial charge < -0.3 is 10.1 Å². The zero-order valence-electron chi connectivity index (χ0n) is 10.7. The highest BCUT2D eigenvalue weighted by Crippen LogP contribution is 2.17. The molecule has 0 aliphatic heterocycles. The maximum Gasteiger partial charge on any atom is 0.328 e. The number of aliphatic hydroxyl groups excluding tert-OH is 1. The molecule has 0 aliphatic rings. The van der Waals surface area contributed by atoms with Gasteiger partial charge in [0.25, 0.3) is 5.56 Å². The van der Waals surface area contributed by atoms with Gasteiger partial charge in [-0.3, -0.25) is 9.36 Å². The molecule has 1 aromatic heterocycles. The van der Waals surface area contributed by atoms with E-state index in [0.717, 1.165) is 9.04 Å². The second-order valence-electron chi connectivity index (χ2n) is 5.33. The van der Waals surface area contributed by atoms with Crippen molar-refractivity contribution in [1.29, 1.82) is 0 Å². The van der Waals surface area contributed by atoms with Crippen LogP contribution in [0, 0.1) is 5.41 Å². The number of aliphatic hydroxyl groups is 1. The van der Waals surface area contributed by atoms with E-state index >= 15 is 0 Å². The van der Waals surface area contributed by atoms with Gasteiger partial charge in [-0.2, -0.15) is 0 Å². The lowest BCUT2D eigenvalue weighted by Gasteiger charge is -2.22. The zero-order valence-corrected chi connectivity index (χ0v) is 12.3. The van der Waals surface area contributed by atoms with Crippen LogP contribution in [0.2, 0.25) is 0 Å². The van der Waals surface area contributed by atoms with Crippen molar-refractivity contribution in [2.75, 3.05) is 6.61 Å². The van der Waals surface area contributed by atoms with Gasteiger partial charge in [0.1, 0.15) is 0 Å². The van der Waals surface area contributed by atoms with E-state index in [0.29, 0.717) is 10.9 Å². The lowest BCUT2D eigenvalue weighted by atomic mass is 9.95. The van der Waals surface area contributed by atoms with Crippen LogP contribution < -0.4 is 11.2 Å². The fourth-order valence-corrected chi connectivity index (χ4v) is 2.21. The highest BCUT2D eigenvalue weighted by atomic mass is 79.9. The predicted octanol–water partition coefficient (Wildman–Crippen LogP) is 1.47. The maximum atomic E-state index is 12.3. The van der Waals surface area contributed by atoms with Crippen molar-refractivity contribution in [3.8, 4) is 0 Å². The fourth-order valence-electron chi connectivity index (χ4n) is 1.85. The number of hydrogen-bond acceptors (Lipinski definition) is 3. The Hall–Kier alpha value is -1.40. The van der Waals surface area contributed by atoms with Crippen LogP contribution in [0.3, 0.4) is 0 Å². The molecule has 2 aromatic rings. The van der Waals surface area contributed by atoms with Crippen molar-refractivity contribution in [3.63, 3.8) is 0 Å². The number of nitrogens with zero attached hydrogens (tertiary/aromatic N) is 1. The summed E-state index contributed by atoms with van der Waals surface area (Å²) in [5, 5.41) is 9.71. The van der Waals surface area contributed by atoms with Crippen LogP contribution in [-0.2, 0) is 6.54 Å². The third-order valence-corrected chi connectivity index (χ3v) is 3.45. The van der Waals surface area contributed by atoms with Crippen molar-refractivity contribution in [2.45, 2.75) is 20.4 Å². The van der Waals surface area contributed by atoms with Crippen LogP contribution >= 0.6 is 15.9 Å². The first-order chi connectivity index (χ1) is 8.84. The molecule has 0 unspecified atom stereocenters. The predicted molar refractivity (Wildman–Crippen MR) is 77.4 cm³/mol. The van der Waals surface area contributed by atoms with E-state index in [1.165, 1.54) is 0 Å². The van der Waals surface area contributed by atoms with Gasteiger partial charge in [-0.05, 0) is 18.2 Å². The first kappa shape index (κ1) is 14.0. The van der Waals surface area contributed by atoms with Gasteiger partial charge in [0.2, 0.25) is 0 Å². The Morgan fingerprint density at radius 2 is 2.05 bits per heavy atom. The van der Waals surface area contributed by atoms with Gasteiger partial charge in [0, 0.05) is 23.0 Å². The lowest BCUT2D eigenvalue weighted by Crippen LogP contribution is -2.40. The fraction of sp³-hybridized carbons (Fsp3) is 0.385. The second kappa shape index (κ2) is 4.94. The highest BCUT2D eigenvalue weighted by Gasteiger charge is 2.20. The maximum absolute atomic E-state index is 12.3. The first-order valence-corrected chi connectivity index (χ1v) is 6.67. The summed E-state index contributed by atoms with van der Waals surface area (Å²) < 4.78 is 1.93. The standard InChI is InChI=1S/C13H15BrN2O3/c1-13(2,7-17)6-16-11(18)9-4-3-8(14)5-10(9)15-12(16)19/h3-5,17H,6-7H2,1-2H3,(H,15,19). The molecule has 0 atom stereocenters. The van der Waals surface area contributed by atoms with Crippen LogP contribution in [0.4, 0.5) is 0 Å². The van der Waals surface area contributed by atoms with Gasteiger partial charge >= 0.3 is 5.69 Å². The number of benzene rings is 1. The molecule has 0 spiro atoms. The number of aromatic nitrogens is 2. The van der Waals surface area contributed by atoms with Crippen LogP contribution in [0.15, 0.2) is 32.3 Å². The third-order valence-electron chi connectivity index (χ3n) is 2.96. The number of aromatic amines is 1. The zero-order chi connectivity index (χ0) is 14.2. The van der Waals surface area contributed by atoms with Crippen LogP contribution in [-0.4, -0.2) is 21.3 Å². The smallest absolute Gasteiger partial charge is 0.328 e. The molecule has 1 aromatic carbocycles. The Morgan fingerprint density at radius 3 is 2.68 bits per heavy atom. The Kier molecular flexibility index (Phi) is 3.64. The molecule has 0 aliphatic carbocycles. The Balaban J connectivity index is 2.67. The van der Waals surface area contributed by atoms with Crippen molar-refractivity contribution < 1.29 is 5.11 Å². The lowest BCUT2D eigenvalue weighted by molar-refractivity contribution is 0.138. The van der Waals surface area contributed by atoms with Crippen molar-refractivity contribution in [3.05, 3.63) is 43.5 Å². The minimum Gasteiger partial charge on any atom is -0.396 e. The summed E-state index contributed by atoms with van der Waals surface area (Å²) in [6, 6.07) is 5.11. The molecule has 6 heteroatoms. The third kappa shape index (κ3) is 2.79. The molecule has 5 nitrogen and oxygen atoms in total. The van der Waals surface area contributed by atoms with Gasteiger partial charge in [-0.1, -0.05) is 29.8 Å². The summed E-state index contributed by atoms with van der Waals surface area (Å²) in [5.74, 6) is 0. The highest BCUT2D eigenvalue weighted by molar-refractivity contribution is 9.10. The normalized spacial score (nSPS) is 12.0. The molecule has 0 radical (unpaired) electrons. The van der Waals surface area contributed by atoms with Crippen molar-refractivity contribution in [1.82, 2.24) is 9.55 Å². The largest absolute Gasteiger partial charge is 0.396 e. The molecule has 0 amide bonds. The summed E-state index contributed by atoms with van der Waals surface area (Å²) in [7, 11) is 0. The van der Waals surface area contributed by atoms with Gasteiger partial charge in [0.05, 0.1) is 10.9 Å². The summed E-state index contributed by atoms with van der Waals surface area (Å²) in [4.78, 5) is 27.0. The van der Waals surface area contributed by atoms with E-state index < -0.39 is 11.1 Å². The van der Waals surface area contributed by atoms with Crippen molar-refractivity contribution >= 4 is 26.8 Å². The van der Waals surface area contributed by atoms with Crippen LogP contribution in [0.5, 0.6) is 0 Å². The summed E-state index contributed by atoms with van der Waals surface area (Å²) in [5.41, 5.74) is -0.827. The number of H-pyrrole nitrogens is 1. The first-order valence-electron chi connectivity index (χ1n) is 5.87. The van der Waals surface area contributed by atoms with Gasteiger partial charge in [-0.25, -0.2) is 4.79 Å². The number of nitrogens with one attached hydrogen (secondary N) is 1. The minimum atomic E-state index is -0.528. The number of rotatable bonds is 3. The van der Waals surface area contributed by atoms with E-state index in [2.05, 4.69) is 20.9 Å². The molecule has 1 heterocycles. The number of fused-ring (bicyclic) bond motifs is 1. The summed E-state index contributed by atoms with van der Waals surface area (Å²) >= 11 is 3.30. The van der Waals surface area contributed by atoms with E-state index in [-0.39, 0.29) is 18.7 Å². The molecule has 102 valence electrons. The quantitative estimate of drug-likeness (QED) is 0.896. The van der Waals surface area contributed by atoms with Crippen LogP contribution in [0.25, 0.3) is 10.9 Å². The summed E-state index contributed by atoms with van der Waals surface area (Å²) in [6.45, 7) is 3.66. The average molecular weight is 327 g/mol. The molecule has 0 bridgehead atoms. The Labute approximate surface area is 118 Å². The molecule has 0 saturated carbocycles.